The van der Waals surface area contributed by atoms with Crippen molar-refractivity contribution in [3.05, 3.63) is 59.7 Å². The fraction of sp³-hybridized carbons (Fsp3) is 0.300. The number of hydrogen-bond acceptors (Lipinski definition) is 4. The van der Waals surface area contributed by atoms with E-state index >= 15 is 0 Å². The number of anilines is 1. The van der Waals surface area contributed by atoms with Crippen LogP contribution in [0.1, 0.15) is 28.8 Å². The third-order valence-corrected chi connectivity index (χ3v) is 7.20. The van der Waals surface area contributed by atoms with E-state index < -0.39 is 16.1 Å². The fourth-order valence-electron chi connectivity index (χ4n) is 3.83. The number of ketones is 1. The highest BCUT2D eigenvalue weighted by Crippen LogP contribution is 2.33. The average Bonchev–Trinajstić information content (AvgIpc) is 3.27. The van der Waals surface area contributed by atoms with Gasteiger partial charge in [0, 0.05) is 24.8 Å². The molecule has 2 aromatic rings. The Labute approximate surface area is 158 Å². The minimum atomic E-state index is -3.81. The maximum Gasteiger partial charge on any atom is 0.243 e. The van der Waals surface area contributed by atoms with E-state index in [2.05, 4.69) is 0 Å². The Kier molecular flexibility index (Phi) is 4.36. The molecule has 0 saturated carbocycles. The van der Waals surface area contributed by atoms with Crippen molar-refractivity contribution in [1.82, 2.24) is 4.31 Å². The first-order valence-corrected chi connectivity index (χ1v) is 10.3. The Balaban J connectivity index is 1.67. The van der Waals surface area contributed by atoms with Gasteiger partial charge in [-0.15, -0.1) is 0 Å². The Hall–Kier alpha value is -2.51. The monoisotopic (exact) mass is 384 g/mol. The summed E-state index contributed by atoms with van der Waals surface area (Å²) in [7, 11) is -2.14. The predicted octanol–water partition coefficient (Wildman–Crippen LogP) is 2.24. The third-order valence-electron chi connectivity index (χ3n) is 5.30. The summed E-state index contributed by atoms with van der Waals surface area (Å²) >= 11 is 0. The molecule has 2 aromatic carbocycles. The molecule has 140 valence electrons. The second kappa shape index (κ2) is 6.58. The maximum absolute atomic E-state index is 13.2. The standard InChI is InChI=1S/C20H20N2O4S/c1-21-17-10-9-16(12-15(17)13-19(21)23)27(25,26)22-11-5-8-18(22)20(24)14-6-3-2-4-7-14/h2-4,6-7,9-10,12,18H,5,8,11,13H2,1H3. The quantitative estimate of drug-likeness (QED) is 0.758. The van der Waals surface area contributed by atoms with Crippen molar-refractivity contribution in [3.8, 4) is 0 Å². The van der Waals surface area contributed by atoms with Crippen LogP contribution in [0.5, 0.6) is 0 Å². The molecule has 1 unspecified atom stereocenters. The molecule has 7 heteroatoms. The Morgan fingerprint density at radius 1 is 1.11 bits per heavy atom. The highest BCUT2D eigenvalue weighted by atomic mass is 32.2. The smallest absolute Gasteiger partial charge is 0.243 e. The summed E-state index contributed by atoms with van der Waals surface area (Å²) in [5, 5.41) is 0. The molecule has 2 heterocycles. The van der Waals surface area contributed by atoms with Crippen molar-refractivity contribution in [2.24, 2.45) is 0 Å². The summed E-state index contributed by atoms with van der Waals surface area (Å²) in [5.74, 6) is -0.231. The van der Waals surface area contributed by atoms with Gasteiger partial charge in [-0.25, -0.2) is 8.42 Å². The van der Waals surface area contributed by atoms with Crippen molar-refractivity contribution < 1.29 is 18.0 Å². The third kappa shape index (κ3) is 2.96. The molecule has 6 nitrogen and oxygen atoms in total. The van der Waals surface area contributed by atoms with Crippen LogP contribution in [-0.4, -0.2) is 44.0 Å². The van der Waals surface area contributed by atoms with Crippen LogP contribution in [-0.2, 0) is 21.2 Å². The zero-order chi connectivity index (χ0) is 19.2. The molecule has 1 fully saturated rings. The SMILES string of the molecule is CN1C(=O)Cc2cc(S(=O)(=O)N3CCCC3C(=O)c3ccccc3)ccc21. The molecule has 2 aliphatic rings. The van der Waals surface area contributed by atoms with E-state index in [0.717, 1.165) is 5.69 Å². The van der Waals surface area contributed by atoms with Gasteiger partial charge in [0.25, 0.3) is 0 Å². The van der Waals surface area contributed by atoms with E-state index in [9.17, 15) is 18.0 Å². The molecule has 0 bridgehead atoms. The molecule has 0 spiro atoms. The molecule has 27 heavy (non-hydrogen) atoms. The van der Waals surface area contributed by atoms with E-state index in [1.54, 1.807) is 43.4 Å². The van der Waals surface area contributed by atoms with E-state index in [0.29, 0.717) is 30.5 Å². The molecule has 0 aromatic heterocycles. The van der Waals surface area contributed by atoms with Gasteiger partial charge in [-0.1, -0.05) is 30.3 Å². The van der Waals surface area contributed by atoms with Gasteiger partial charge in [-0.05, 0) is 36.6 Å². The van der Waals surface area contributed by atoms with Gasteiger partial charge in [0.05, 0.1) is 17.4 Å². The minimum Gasteiger partial charge on any atom is -0.315 e. The van der Waals surface area contributed by atoms with Crippen LogP contribution < -0.4 is 4.90 Å². The van der Waals surface area contributed by atoms with Crippen LogP contribution in [0, 0.1) is 0 Å². The maximum atomic E-state index is 13.2. The number of amides is 1. The van der Waals surface area contributed by atoms with E-state index in [1.165, 1.54) is 15.3 Å². The van der Waals surface area contributed by atoms with Crippen molar-refractivity contribution >= 4 is 27.4 Å². The number of sulfonamides is 1. The largest absolute Gasteiger partial charge is 0.315 e. The Bertz CT molecular complexity index is 1020. The number of carbonyl (C=O) groups is 2. The van der Waals surface area contributed by atoms with Crippen molar-refractivity contribution in [1.29, 1.82) is 0 Å². The second-order valence-corrected chi connectivity index (χ2v) is 8.81. The molecule has 1 atom stereocenters. The highest BCUT2D eigenvalue weighted by Gasteiger charge is 2.40. The van der Waals surface area contributed by atoms with Crippen LogP contribution in [0.4, 0.5) is 5.69 Å². The fourth-order valence-corrected chi connectivity index (χ4v) is 5.53. The van der Waals surface area contributed by atoms with Crippen molar-refractivity contribution in [3.63, 3.8) is 0 Å². The zero-order valence-corrected chi connectivity index (χ0v) is 15.8. The first kappa shape index (κ1) is 17.9. The van der Waals surface area contributed by atoms with Gasteiger partial charge in [0.2, 0.25) is 15.9 Å². The number of Topliss-reactive ketones (excluding diaryl/α,β-unsaturated/α-hetero) is 1. The van der Waals surface area contributed by atoms with E-state index in [-0.39, 0.29) is 23.0 Å². The van der Waals surface area contributed by atoms with Gasteiger partial charge in [0.1, 0.15) is 0 Å². The lowest BCUT2D eigenvalue weighted by atomic mass is 10.0. The topological polar surface area (TPSA) is 74.8 Å². The lowest BCUT2D eigenvalue weighted by Crippen LogP contribution is -2.40. The zero-order valence-electron chi connectivity index (χ0n) is 15.0. The van der Waals surface area contributed by atoms with Crippen LogP contribution in [0.3, 0.4) is 0 Å². The van der Waals surface area contributed by atoms with Gasteiger partial charge in [0.15, 0.2) is 5.78 Å². The average molecular weight is 384 g/mol. The number of nitrogens with zero attached hydrogens (tertiary/aromatic N) is 2. The molecular formula is C20H20N2O4S. The number of rotatable bonds is 4. The first-order chi connectivity index (χ1) is 12.9. The summed E-state index contributed by atoms with van der Waals surface area (Å²) < 4.78 is 27.7. The van der Waals surface area contributed by atoms with Crippen LogP contribution >= 0.6 is 0 Å². The number of likely N-dealkylation sites (N-methyl/N-ethyl adjacent to an activating group) is 1. The van der Waals surface area contributed by atoms with Crippen LogP contribution in [0.2, 0.25) is 0 Å². The second-order valence-electron chi connectivity index (χ2n) is 6.92. The van der Waals surface area contributed by atoms with E-state index in [4.69, 9.17) is 0 Å². The van der Waals surface area contributed by atoms with Crippen molar-refractivity contribution in [2.75, 3.05) is 18.5 Å². The summed E-state index contributed by atoms with van der Waals surface area (Å²) in [6.45, 7) is 0.321. The Morgan fingerprint density at radius 3 is 2.59 bits per heavy atom. The summed E-state index contributed by atoms with van der Waals surface area (Å²) in [6, 6.07) is 12.9. The summed E-state index contributed by atoms with van der Waals surface area (Å²) in [4.78, 5) is 26.4. The van der Waals surface area contributed by atoms with Gasteiger partial charge < -0.3 is 4.90 Å². The Morgan fingerprint density at radius 2 is 1.85 bits per heavy atom. The van der Waals surface area contributed by atoms with Gasteiger partial charge in [-0.3, -0.25) is 9.59 Å². The van der Waals surface area contributed by atoms with Crippen LogP contribution in [0.15, 0.2) is 53.4 Å². The number of hydrogen-bond donors (Lipinski definition) is 0. The predicted molar refractivity (Wildman–Crippen MR) is 101 cm³/mol. The summed E-state index contributed by atoms with van der Waals surface area (Å²) in [6.07, 6.45) is 1.36. The van der Waals surface area contributed by atoms with Crippen LogP contribution in [0.25, 0.3) is 0 Å². The number of carbonyl (C=O) groups excluding carboxylic acids is 2. The molecule has 1 amide bonds. The summed E-state index contributed by atoms with van der Waals surface area (Å²) in [5.41, 5.74) is 1.96. The molecular weight excluding hydrogens is 364 g/mol. The molecule has 0 N–H and O–H groups in total. The molecule has 2 aliphatic heterocycles. The normalized spacial score (nSPS) is 20.1. The lowest BCUT2D eigenvalue weighted by Gasteiger charge is -2.23. The van der Waals surface area contributed by atoms with E-state index in [1.807, 2.05) is 6.07 Å². The van der Waals surface area contributed by atoms with Crippen molar-refractivity contribution in [2.45, 2.75) is 30.2 Å². The minimum absolute atomic E-state index is 0.0575. The molecule has 0 aliphatic carbocycles. The lowest BCUT2D eigenvalue weighted by molar-refractivity contribution is -0.117. The first-order valence-electron chi connectivity index (χ1n) is 8.90. The molecule has 0 radical (unpaired) electrons. The van der Waals surface area contributed by atoms with Gasteiger partial charge >= 0.3 is 0 Å². The number of fused-ring (bicyclic) bond motifs is 1. The highest BCUT2D eigenvalue weighted by molar-refractivity contribution is 7.89. The number of benzene rings is 2. The molecule has 1 saturated heterocycles. The molecule has 4 rings (SSSR count). The van der Waals surface area contributed by atoms with Gasteiger partial charge in [-0.2, -0.15) is 4.31 Å².